The number of esters is 1. The van der Waals surface area contributed by atoms with Crippen LogP contribution in [0, 0.1) is 20.8 Å². The molecule has 1 unspecified atom stereocenters. The summed E-state index contributed by atoms with van der Waals surface area (Å²) in [5.74, 6) is -0.356. The molecule has 0 saturated heterocycles. The monoisotopic (exact) mass is 291 g/mol. The van der Waals surface area contributed by atoms with Gasteiger partial charge in [0.15, 0.2) is 0 Å². The molecule has 1 atom stereocenters. The maximum atomic E-state index is 12.2. The van der Waals surface area contributed by atoms with Gasteiger partial charge < -0.3 is 10.1 Å². The van der Waals surface area contributed by atoms with Crippen LogP contribution in [-0.2, 0) is 20.7 Å². The molecule has 0 fully saturated rings. The van der Waals surface area contributed by atoms with Crippen molar-refractivity contribution in [1.82, 2.24) is 5.32 Å². The van der Waals surface area contributed by atoms with E-state index < -0.39 is 0 Å². The fourth-order valence-electron chi connectivity index (χ4n) is 2.51. The standard InChI is InChI=1S/C17H25NO3/c1-6-14(9-17(20)21-5)18-16(19)10-15-12(3)7-11(2)8-13(15)4/h7-8,14H,6,9-10H2,1-5H3,(H,18,19). The predicted octanol–water partition coefficient (Wildman–Crippen LogP) is 2.61. The molecule has 1 amide bonds. The normalized spacial score (nSPS) is 11.9. The van der Waals surface area contributed by atoms with Crippen LogP contribution in [0.2, 0.25) is 0 Å². The average Bonchev–Trinajstić information content (AvgIpc) is 2.41. The summed E-state index contributed by atoms with van der Waals surface area (Å²) < 4.78 is 4.64. The first-order valence-electron chi connectivity index (χ1n) is 7.30. The highest BCUT2D eigenvalue weighted by Crippen LogP contribution is 2.17. The van der Waals surface area contributed by atoms with Crippen molar-refractivity contribution >= 4 is 11.9 Å². The molecular formula is C17H25NO3. The van der Waals surface area contributed by atoms with Crippen molar-refractivity contribution in [3.05, 3.63) is 34.4 Å². The van der Waals surface area contributed by atoms with Crippen LogP contribution in [0.4, 0.5) is 0 Å². The van der Waals surface area contributed by atoms with E-state index in [4.69, 9.17) is 0 Å². The molecular weight excluding hydrogens is 266 g/mol. The fraction of sp³-hybridized carbons (Fsp3) is 0.529. The number of amides is 1. The van der Waals surface area contributed by atoms with E-state index in [0.29, 0.717) is 12.8 Å². The smallest absolute Gasteiger partial charge is 0.307 e. The number of ether oxygens (including phenoxy) is 1. The molecule has 0 spiro atoms. The highest BCUT2D eigenvalue weighted by Gasteiger charge is 2.16. The molecule has 0 radical (unpaired) electrons. The fourth-order valence-corrected chi connectivity index (χ4v) is 2.51. The van der Waals surface area contributed by atoms with Gasteiger partial charge in [-0.05, 0) is 43.9 Å². The lowest BCUT2D eigenvalue weighted by Gasteiger charge is -2.17. The van der Waals surface area contributed by atoms with Crippen molar-refractivity contribution in [2.24, 2.45) is 0 Å². The lowest BCUT2D eigenvalue weighted by Crippen LogP contribution is -2.37. The van der Waals surface area contributed by atoms with Crippen molar-refractivity contribution in [3.8, 4) is 0 Å². The minimum absolute atomic E-state index is 0.0548. The Balaban J connectivity index is 2.71. The van der Waals surface area contributed by atoms with E-state index in [1.807, 2.05) is 27.7 Å². The van der Waals surface area contributed by atoms with E-state index in [1.165, 1.54) is 12.7 Å². The molecule has 0 aliphatic heterocycles. The molecule has 1 aromatic rings. The quantitative estimate of drug-likeness (QED) is 0.820. The molecule has 1 aromatic carbocycles. The van der Waals surface area contributed by atoms with Gasteiger partial charge >= 0.3 is 5.97 Å². The van der Waals surface area contributed by atoms with Crippen molar-refractivity contribution in [2.45, 2.75) is 53.0 Å². The molecule has 4 heteroatoms. The largest absolute Gasteiger partial charge is 0.469 e. The van der Waals surface area contributed by atoms with E-state index in [9.17, 15) is 9.59 Å². The zero-order valence-electron chi connectivity index (χ0n) is 13.6. The van der Waals surface area contributed by atoms with Crippen molar-refractivity contribution in [3.63, 3.8) is 0 Å². The molecule has 21 heavy (non-hydrogen) atoms. The zero-order valence-corrected chi connectivity index (χ0v) is 13.6. The predicted molar refractivity (Wildman–Crippen MR) is 83.2 cm³/mol. The Morgan fingerprint density at radius 1 is 1.19 bits per heavy atom. The van der Waals surface area contributed by atoms with Gasteiger partial charge in [-0.25, -0.2) is 0 Å². The van der Waals surface area contributed by atoms with Gasteiger partial charge in [0.25, 0.3) is 0 Å². The number of hydrogen-bond acceptors (Lipinski definition) is 3. The summed E-state index contributed by atoms with van der Waals surface area (Å²) in [7, 11) is 1.36. The van der Waals surface area contributed by atoms with Crippen LogP contribution >= 0.6 is 0 Å². The van der Waals surface area contributed by atoms with Gasteiger partial charge in [-0.1, -0.05) is 24.6 Å². The average molecular weight is 291 g/mol. The summed E-state index contributed by atoms with van der Waals surface area (Å²) in [6.45, 7) is 8.03. The Labute approximate surface area is 126 Å². The first kappa shape index (κ1) is 17.2. The number of hydrogen-bond donors (Lipinski definition) is 1. The first-order chi connectivity index (χ1) is 9.87. The van der Waals surface area contributed by atoms with Gasteiger partial charge in [0.05, 0.1) is 20.0 Å². The molecule has 0 aliphatic carbocycles. The molecule has 0 bridgehead atoms. The number of carbonyl (C=O) groups excluding carboxylic acids is 2. The van der Waals surface area contributed by atoms with Crippen LogP contribution in [0.1, 0.15) is 42.0 Å². The van der Waals surface area contributed by atoms with E-state index in [-0.39, 0.29) is 24.3 Å². The molecule has 1 N–H and O–H groups in total. The van der Waals surface area contributed by atoms with Gasteiger partial charge in [-0.3, -0.25) is 9.59 Å². The van der Waals surface area contributed by atoms with E-state index >= 15 is 0 Å². The molecule has 0 saturated carbocycles. The first-order valence-corrected chi connectivity index (χ1v) is 7.30. The van der Waals surface area contributed by atoms with E-state index in [0.717, 1.165) is 16.7 Å². The molecule has 116 valence electrons. The lowest BCUT2D eigenvalue weighted by atomic mass is 9.97. The summed E-state index contributed by atoms with van der Waals surface area (Å²) in [5, 5.41) is 2.91. The van der Waals surface area contributed by atoms with Crippen LogP contribution in [-0.4, -0.2) is 25.0 Å². The summed E-state index contributed by atoms with van der Waals surface area (Å²) in [5.41, 5.74) is 4.52. The van der Waals surface area contributed by atoms with Gasteiger partial charge in [0.1, 0.15) is 0 Å². The molecule has 0 aromatic heterocycles. The van der Waals surface area contributed by atoms with Gasteiger partial charge in [-0.15, -0.1) is 0 Å². The molecule has 0 heterocycles. The third-order valence-corrected chi connectivity index (χ3v) is 3.68. The molecule has 4 nitrogen and oxygen atoms in total. The van der Waals surface area contributed by atoms with Crippen LogP contribution < -0.4 is 5.32 Å². The zero-order chi connectivity index (χ0) is 16.0. The van der Waals surface area contributed by atoms with Crippen LogP contribution in [0.3, 0.4) is 0 Å². The molecule has 0 aliphatic rings. The Morgan fingerprint density at radius 2 is 1.76 bits per heavy atom. The van der Waals surface area contributed by atoms with Gasteiger partial charge in [0, 0.05) is 6.04 Å². The van der Waals surface area contributed by atoms with Crippen LogP contribution in [0.5, 0.6) is 0 Å². The SMILES string of the molecule is CCC(CC(=O)OC)NC(=O)Cc1c(C)cc(C)cc1C. The highest BCUT2D eigenvalue weighted by molar-refractivity contribution is 5.80. The summed E-state index contributed by atoms with van der Waals surface area (Å²) in [4.78, 5) is 23.5. The third kappa shape index (κ3) is 5.21. The minimum Gasteiger partial charge on any atom is -0.469 e. The maximum Gasteiger partial charge on any atom is 0.307 e. The van der Waals surface area contributed by atoms with Gasteiger partial charge in [-0.2, -0.15) is 0 Å². The Bertz CT molecular complexity index is 500. The second-order valence-electron chi connectivity index (χ2n) is 5.51. The number of carbonyl (C=O) groups is 2. The van der Waals surface area contributed by atoms with E-state index in [2.05, 4.69) is 22.2 Å². The second kappa shape index (κ2) is 7.81. The van der Waals surface area contributed by atoms with E-state index in [1.54, 1.807) is 0 Å². The Hall–Kier alpha value is -1.84. The minimum atomic E-state index is -0.301. The molecule has 1 rings (SSSR count). The van der Waals surface area contributed by atoms with Crippen molar-refractivity contribution in [2.75, 3.05) is 7.11 Å². The number of nitrogens with one attached hydrogen (secondary N) is 1. The number of aryl methyl sites for hydroxylation is 3. The summed E-state index contributed by atoms with van der Waals surface area (Å²) in [6, 6.07) is 4.00. The summed E-state index contributed by atoms with van der Waals surface area (Å²) >= 11 is 0. The Morgan fingerprint density at radius 3 is 2.24 bits per heavy atom. The van der Waals surface area contributed by atoms with Crippen molar-refractivity contribution in [1.29, 1.82) is 0 Å². The lowest BCUT2D eigenvalue weighted by molar-refractivity contribution is -0.141. The topological polar surface area (TPSA) is 55.4 Å². The van der Waals surface area contributed by atoms with Crippen LogP contribution in [0.25, 0.3) is 0 Å². The third-order valence-electron chi connectivity index (χ3n) is 3.68. The number of benzene rings is 1. The van der Waals surface area contributed by atoms with Gasteiger partial charge in [0.2, 0.25) is 5.91 Å². The maximum absolute atomic E-state index is 12.2. The second-order valence-corrected chi connectivity index (χ2v) is 5.51. The van der Waals surface area contributed by atoms with Crippen molar-refractivity contribution < 1.29 is 14.3 Å². The van der Waals surface area contributed by atoms with Crippen LogP contribution in [0.15, 0.2) is 12.1 Å². The number of rotatable bonds is 6. The Kier molecular flexibility index (Phi) is 6.40. The highest BCUT2D eigenvalue weighted by atomic mass is 16.5. The number of methoxy groups -OCH3 is 1. The summed E-state index contributed by atoms with van der Waals surface area (Å²) in [6.07, 6.45) is 1.26.